The number of aryl methyl sites for hydroxylation is 1. The fourth-order valence-corrected chi connectivity index (χ4v) is 4.45. The Labute approximate surface area is 176 Å². The van der Waals surface area contributed by atoms with E-state index in [1.807, 2.05) is 42.5 Å². The minimum Gasteiger partial charge on any atom is -0.497 e. The van der Waals surface area contributed by atoms with E-state index in [2.05, 4.69) is 6.08 Å². The van der Waals surface area contributed by atoms with Gasteiger partial charge in [0.25, 0.3) is 0 Å². The maximum absolute atomic E-state index is 10.7. The molecule has 6 nitrogen and oxygen atoms in total. The molecular formula is C24H28O6. The van der Waals surface area contributed by atoms with E-state index in [1.165, 1.54) is 5.56 Å². The molecule has 1 aliphatic heterocycles. The third-order valence-corrected chi connectivity index (χ3v) is 6.33. The summed E-state index contributed by atoms with van der Waals surface area (Å²) in [7, 11) is 1.64. The molecule has 0 spiro atoms. The van der Waals surface area contributed by atoms with E-state index in [9.17, 15) is 20.4 Å². The Hall–Kier alpha value is -2.22. The van der Waals surface area contributed by atoms with E-state index in [-0.39, 0.29) is 0 Å². The molecule has 160 valence electrons. The lowest BCUT2D eigenvalue weighted by molar-refractivity contribution is -0.273. The highest BCUT2D eigenvalue weighted by Crippen LogP contribution is 2.41. The number of hydrogen-bond acceptors (Lipinski definition) is 6. The molecule has 4 rings (SSSR count). The molecule has 0 bridgehead atoms. The predicted octanol–water partition coefficient (Wildman–Crippen LogP) is 1.76. The molecule has 1 aliphatic carbocycles. The van der Waals surface area contributed by atoms with Crippen LogP contribution in [0.1, 0.15) is 35.6 Å². The predicted molar refractivity (Wildman–Crippen MR) is 112 cm³/mol. The first-order valence-corrected chi connectivity index (χ1v) is 10.2. The zero-order valence-electron chi connectivity index (χ0n) is 17.2. The van der Waals surface area contributed by atoms with E-state index in [4.69, 9.17) is 9.47 Å². The average molecular weight is 412 g/mol. The molecule has 0 saturated carbocycles. The van der Waals surface area contributed by atoms with E-state index in [1.54, 1.807) is 14.0 Å². The largest absolute Gasteiger partial charge is 0.497 e. The van der Waals surface area contributed by atoms with Crippen LogP contribution >= 0.6 is 0 Å². The van der Waals surface area contributed by atoms with Crippen molar-refractivity contribution in [3.8, 4) is 5.75 Å². The second kappa shape index (κ2) is 8.13. The van der Waals surface area contributed by atoms with Crippen LogP contribution in [0.4, 0.5) is 0 Å². The molecule has 0 radical (unpaired) electrons. The van der Waals surface area contributed by atoms with Gasteiger partial charge in [-0.3, -0.25) is 0 Å². The fourth-order valence-electron chi connectivity index (χ4n) is 4.45. The number of ether oxygens (including phenoxy) is 2. The van der Waals surface area contributed by atoms with Gasteiger partial charge in [0.2, 0.25) is 0 Å². The van der Waals surface area contributed by atoms with E-state index in [0.29, 0.717) is 5.56 Å². The van der Waals surface area contributed by atoms with Crippen molar-refractivity contribution in [1.82, 2.24) is 0 Å². The summed E-state index contributed by atoms with van der Waals surface area (Å²) in [6.07, 6.45) is -1.06. The number of benzene rings is 2. The SMILES string of the molecule is COc1ccc(C2=CCCc3ccc([C@]4(C)O[C@H](CO)[C@@H](O)[C@H](O)[C@H]4O)cc32)cc1. The summed E-state index contributed by atoms with van der Waals surface area (Å²) in [5.41, 5.74) is 3.80. The third kappa shape index (κ3) is 3.45. The molecule has 0 unspecified atom stereocenters. The molecule has 30 heavy (non-hydrogen) atoms. The van der Waals surface area contributed by atoms with Gasteiger partial charge in [-0.1, -0.05) is 30.3 Å². The highest BCUT2D eigenvalue weighted by Gasteiger charge is 2.51. The minimum atomic E-state index is -1.42. The number of fused-ring (bicyclic) bond motifs is 1. The van der Waals surface area contributed by atoms with Crippen molar-refractivity contribution in [2.75, 3.05) is 13.7 Å². The Bertz CT molecular complexity index is 935. The third-order valence-electron chi connectivity index (χ3n) is 6.33. The summed E-state index contributed by atoms with van der Waals surface area (Å²) < 4.78 is 11.2. The van der Waals surface area contributed by atoms with Gasteiger partial charge in [0.1, 0.15) is 35.8 Å². The highest BCUT2D eigenvalue weighted by molar-refractivity contribution is 5.83. The number of rotatable bonds is 4. The van der Waals surface area contributed by atoms with Crippen LogP contribution in [-0.4, -0.2) is 58.6 Å². The van der Waals surface area contributed by atoms with E-state index in [0.717, 1.165) is 35.3 Å². The first kappa shape index (κ1) is 21.0. The monoisotopic (exact) mass is 412 g/mol. The van der Waals surface area contributed by atoms with Crippen LogP contribution in [0.5, 0.6) is 5.75 Å². The van der Waals surface area contributed by atoms with Gasteiger partial charge in [0.15, 0.2) is 0 Å². The zero-order chi connectivity index (χ0) is 21.5. The topological polar surface area (TPSA) is 99.4 Å². The Morgan fingerprint density at radius 2 is 1.80 bits per heavy atom. The molecule has 2 aromatic carbocycles. The summed E-state index contributed by atoms with van der Waals surface area (Å²) in [5, 5.41) is 40.8. The van der Waals surface area contributed by atoms with Crippen molar-refractivity contribution < 1.29 is 29.9 Å². The Morgan fingerprint density at radius 3 is 2.47 bits per heavy atom. The van der Waals surface area contributed by atoms with Crippen molar-refractivity contribution in [1.29, 1.82) is 0 Å². The lowest BCUT2D eigenvalue weighted by Gasteiger charge is -2.47. The first-order valence-electron chi connectivity index (χ1n) is 10.2. The van der Waals surface area contributed by atoms with Gasteiger partial charge in [-0.15, -0.1) is 0 Å². The maximum Gasteiger partial charge on any atom is 0.119 e. The fraction of sp³-hybridized carbons (Fsp3) is 0.417. The van der Waals surface area contributed by atoms with Gasteiger partial charge in [0.05, 0.1) is 13.7 Å². The molecule has 6 heteroatoms. The van der Waals surface area contributed by atoms with Crippen LogP contribution in [0.3, 0.4) is 0 Å². The number of methoxy groups -OCH3 is 1. The van der Waals surface area contributed by atoms with Gasteiger partial charge in [-0.05, 0) is 65.8 Å². The molecule has 2 aliphatic rings. The summed E-state index contributed by atoms with van der Waals surface area (Å²) >= 11 is 0. The molecule has 1 fully saturated rings. The molecule has 1 heterocycles. The molecule has 2 aromatic rings. The Kier molecular flexibility index (Phi) is 5.70. The highest BCUT2D eigenvalue weighted by atomic mass is 16.6. The number of aliphatic hydroxyl groups is 4. The van der Waals surface area contributed by atoms with Crippen molar-refractivity contribution >= 4 is 5.57 Å². The summed E-state index contributed by atoms with van der Waals surface area (Å²) in [6, 6.07) is 13.8. The van der Waals surface area contributed by atoms with Crippen LogP contribution < -0.4 is 4.74 Å². The summed E-state index contributed by atoms with van der Waals surface area (Å²) in [5.74, 6) is 0.790. The summed E-state index contributed by atoms with van der Waals surface area (Å²) in [6.45, 7) is 1.22. The molecule has 4 N–H and O–H groups in total. The lowest BCUT2D eigenvalue weighted by atomic mass is 9.78. The van der Waals surface area contributed by atoms with E-state index >= 15 is 0 Å². The van der Waals surface area contributed by atoms with Crippen molar-refractivity contribution in [3.63, 3.8) is 0 Å². The van der Waals surface area contributed by atoms with Crippen LogP contribution in [0.25, 0.3) is 5.57 Å². The van der Waals surface area contributed by atoms with Crippen LogP contribution in [0.2, 0.25) is 0 Å². The molecule has 5 atom stereocenters. The Balaban J connectivity index is 1.75. The lowest BCUT2D eigenvalue weighted by Crippen LogP contribution is -2.62. The quantitative estimate of drug-likeness (QED) is 0.611. The van der Waals surface area contributed by atoms with E-state index < -0.39 is 36.6 Å². The minimum absolute atomic E-state index is 0.456. The first-order chi connectivity index (χ1) is 14.4. The van der Waals surface area contributed by atoms with Gasteiger partial charge in [0, 0.05) is 0 Å². The zero-order valence-corrected chi connectivity index (χ0v) is 17.2. The number of aliphatic hydroxyl groups excluding tert-OH is 4. The van der Waals surface area contributed by atoms with Crippen LogP contribution in [-0.2, 0) is 16.8 Å². The average Bonchev–Trinajstić information content (AvgIpc) is 2.79. The molecule has 0 aromatic heterocycles. The number of hydrogen-bond donors (Lipinski definition) is 4. The number of allylic oxidation sites excluding steroid dienone is 1. The standard InChI is InChI=1S/C24H28O6/c1-24(23(28)22(27)21(26)20(13-25)30-24)16-9-6-14-4-3-5-18(19(14)12-16)15-7-10-17(29-2)11-8-15/h5-12,20-23,25-28H,3-4,13H2,1-2H3/t20-,21-,22+,23-,24+/m1/s1. The maximum atomic E-state index is 10.7. The normalized spacial score (nSPS) is 31.1. The van der Waals surface area contributed by atoms with Crippen molar-refractivity contribution in [3.05, 3.63) is 70.8 Å². The van der Waals surface area contributed by atoms with Gasteiger partial charge < -0.3 is 29.9 Å². The second-order valence-electron chi connectivity index (χ2n) is 8.13. The second-order valence-corrected chi connectivity index (χ2v) is 8.13. The Morgan fingerprint density at radius 1 is 1.07 bits per heavy atom. The van der Waals surface area contributed by atoms with Crippen LogP contribution in [0, 0.1) is 0 Å². The molecule has 0 amide bonds. The van der Waals surface area contributed by atoms with Crippen molar-refractivity contribution in [2.45, 2.75) is 49.8 Å². The van der Waals surface area contributed by atoms with Crippen LogP contribution in [0.15, 0.2) is 48.5 Å². The van der Waals surface area contributed by atoms with Gasteiger partial charge >= 0.3 is 0 Å². The molecular weight excluding hydrogens is 384 g/mol. The van der Waals surface area contributed by atoms with Gasteiger partial charge in [-0.2, -0.15) is 0 Å². The van der Waals surface area contributed by atoms with Crippen molar-refractivity contribution in [2.24, 2.45) is 0 Å². The molecule has 1 saturated heterocycles. The summed E-state index contributed by atoms with van der Waals surface area (Å²) in [4.78, 5) is 0. The smallest absolute Gasteiger partial charge is 0.119 e. The van der Waals surface area contributed by atoms with Gasteiger partial charge in [-0.25, -0.2) is 0 Å².